The molecule has 0 aliphatic carbocycles. The van der Waals surface area contributed by atoms with Crippen LogP contribution in [-0.4, -0.2) is 38.9 Å². The molecule has 0 aliphatic rings. The number of hydrogen-bond donors (Lipinski definition) is 3. The maximum absolute atomic E-state index is 12.1. The number of nitrogens with one attached hydrogen (secondary N) is 1. The highest BCUT2D eigenvalue weighted by Gasteiger charge is 2.15. The Bertz CT molecular complexity index is 1050. The number of aromatic nitrogens is 3. The van der Waals surface area contributed by atoms with Gasteiger partial charge in [0.15, 0.2) is 0 Å². The summed E-state index contributed by atoms with van der Waals surface area (Å²) in [6, 6.07) is 13.9. The van der Waals surface area contributed by atoms with Crippen molar-refractivity contribution in [3.05, 3.63) is 63.9 Å². The molecule has 144 valence electrons. The van der Waals surface area contributed by atoms with Crippen molar-refractivity contribution in [2.24, 2.45) is 0 Å². The number of nitrogens with zero attached hydrogens (tertiary/aromatic N) is 3. The fraction of sp³-hybridized carbons (Fsp3) is 0.158. The van der Waals surface area contributed by atoms with Gasteiger partial charge in [-0.2, -0.15) is 5.10 Å². The van der Waals surface area contributed by atoms with E-state index in [1.165, 1.54) is 6.07 Å². The molecule has 0 saturated heterocycles. The molecule has 3 rings (SSSR count). The molecule has 0 fully saturated rings. The van der Waals surface area contributed by atoms with Crippen LogP contribution in [0.4, 0.5) is 5.82 Å². The van der Waals surface area contributed by atoms with E-state index in [9.17, 15) is 9.59 Å². The lowest BCUT2D eigenvalue weighted by molar-refractivity contribution is -0.122. The summed E-state index contributed by atoms with van der Waals surface area (Å²) in [5.41, 5.74) is 7.81. The number of amides is 1. The van der Waals surface area contributed by atoms with E-state index in [-0.39, 0.29) is 30.5 Å². The number of rotatable bonds is 6. The first-order valence-corrected chi connectivity index (χ1v) is 8.85. The summed E-state index contributed by atoms with van der Waals surface area (Å²) in [5.74, 6) is -0.251. The maximum Gasteiger partial charge on any atom is 0.267 e. The highest BCUT2D eigenvalue weighted by atomic mass is 35.5. The van der Waals surface area contributed by atoms with Crippen molar-refractivity contribution in [3.63, 3.8) is 0 Å². The van der Waals surface area contributed by atoms with Gasteiger partial charge in [-0.1, -0.05) is 41.9 Å². The van der Waals surface area contributed by atoms with Crippen molar-refractivity contribution in [2.45, 2.75) is 6.54 Å². The molecule has 28 heavy (non-hydrogen) atoms. The molecule has 4 N–H and O–H groups in total. The molecule has 0 bridgehead atoms. The fourth-order valence-corrected chi connectivity index (χ4v) is 2.76. The van der Waals surface area contributed by atoms with Crippen LogP contribution in [0.5, 0.6) is 0 Å². The number of halogens is 1. The normalized spacial score (nSPS) is 10.6. The number of benzene rings is 1. The van der Waals surface area contributed by atoms with E-state index in [4.69, 9.17) is 22.4 Å². The van der Waals surface area contributed by atoms with Gasteiger partial charge in [0.05, 0.1) is 23.0 Å². The third kappa shape index (κ3) is 4.36. The van der Waals surface area contributed by atoms with Gasteiger partial charge in [0.25, 0.3) is 5.56 Å². The van der Waals surface area contributed by atoms with E-state index < -0.39 is 11.5 Å². The number of aliphatic hydroxyl groups is 1. The smallest absolute Gasteiger partial charge is 0.267 e. The van der Waals surface area contributed by atoms with Crippen LogP contribution in [0.1, 0.15) is 0 Å². The molecule has 2 heterocycles. The monoisotopic (exact) mass is 399 g/mol. The third-order valence-corrected chi connectivity index (χ3v) is 4.22. The van der Waals surface area contributed by atoms with Gasteiger partial charge in [0.2, 0.25) is 5.91 Å². The predicted molar refractivity (Wildman–Crippen MR) is 107 cm³/mol. The van der Waals surface area contributed by atoms with Crippen molar-refractivity contribution < 1.29 is 9.90 Å². The number of anilines is 1. The van der Waals surface area contributed by atoms with Crippen LogP contribution in [-0.2, 0) is 11.3 Å². The molecular formula is C19H18ClN5O3. The Labute approximate surface area is 165 Å². The number of pyridine rings is 1. The zero-order valence-corrected chi connectivity index (χ0v) is 15.6. The molecular weight excluding hydrogens is 382 g/mol. The SMILES string of the molecule is Nc1nc(-c2ccccc2)c(-c2ccc(=O)n(CC(=O)NCCO)n2)cc1Cl. The summed E-state index contributed by atoms with van der Waals surface area (Å²) in [6.07, 6.45) is 0. The molecule has 0 spiro atoms. The summed E-state index contributed by atoms with van der Waals surface area (Å²) in [4.78, 5) is 28.4. The van der Waals surface area contributed by atoms with E-state index in [0.29, 0.717) is 17.0 Å². The number of nitrogen functional groups attached to an aromatic ring is 1. The van der Waals surface area contributed by atoms with Crippen molar-refractivity contribution in [2.75, 3.05) is 18.9 Å². The molecule has 9 heteroatoms. The van der Waals surface area contributed by atoms with Crippen LogP contribution < -0.4 is 16.6 Å². The van der Waals surface area contributed by atoms with Gasteiger partial charge in [-0.15, -0.1) is 0 Å². The summed E-state index contributed by atoms with van der Waals surface area (Å²) in [5, 5.41) is 15.8. The van der Waals surface area contributed by atoms with Crippen LogP contribution in [0, 0.1) is 0 Å². The Kier molecular flexibility index (Phi) is 6.03. The number of nitrogens with two attached hydrogens (primary N) is 1. The molecule has 3 aromatic rings. The lowest BCUT2D eigenvalue weighted by Gasteiger charge is -2.12. The zero-order chi connectivity index (χ0) is 20.1. The number of aliphatic hydroxyl groups excluding tert-OH is 1. The van der Waals surface area contributed by atoms with Crippen molar-refractivity contribution in [1.29, 1.82) is 0 Å². The van der Waals surface area contributed by atoms with Gasteiger partial charge in [-0.3, -0.25) is 9.59 Å². The van der Waals surface area contributed by atoms with E-state index in [1.807, 2.05) is 30.3 Å². The Balaban J connectivity index is 2.06. The standard InChI is InChI=1S/C19H18ClN5O3/c20-14-10-13(18(23-19(14)21)12-4-2-1-3-5-12)15-6-7-17(28)25(24-15)11-16(27)22-8-9-26/h1-7,10,26H,8-9,11H2,(H2,21,23)(H,22,27). The van der Waals surface area contributed by atoms with Crippen LogP contribution >= 0.6 is 11.6 Å². The zero-order valence-electron chi connectivity index (χ0n) is 14.8. The molecule has 0 radical (unpaired) electrons. The fourth-order valence-electron chi connectivity index (χ4n) is 2.61. The molecule has 0 unspecified atom stereocenters. The minimum Gasteiger partial charge on any atom is -0.395 e. The van der Waals surface area contributed by atoms with Crippen molar-refractivity contribution in [1.82, 2.24) is 20.1 Å². The van der Waals surface area contributed by atoms with Gasteiger partial charge in [-0.05, 0) is 12.1 Å². The van der Waals surface area contributed by atoms with Gasteiger partial charge in [-0.25, -0.2) is 9.67 Å². The van der Waals surface area contributed by atoms with E-state index >= 15 is 0 Å². The summed E-state index contributed by atoms with van der Waals surface area (Å²) >= 11 is 6.16. The topological polar surface area (TPSA) is 123 Å². The van der Waals surface area contributed by atoms with Gasteiger partial charge >= 0.3 is 0 Å². The number of carbonyl (C=O) groups excluding carboxylic acids is 1. The second-order valence-electron chi connectivity index (χ2n) is 5.91. The van der Waals surface area contributed by atoms with Crippen molar-refractivity contribution in [3.8, 4) is 22.5 Å². The van der Waals surface area contributed by atoms with Crippen LogP contribution in [0.2, 0.25) is 5.02 Å². The van der Waals surface area contributed by atoms with E-state index in [0.717, 1.165) is 10.2 Å². The minimum atomic E-state index is -0.433. The summed E-state index contributed by atoms with van der Waals surface area (Å²) < 4.78 is 1.04. The molecule has 0 atom stereocenters. The number of carbonyl (C=O) groups is 1. The van der Waals surface area contributed by atoms with E-state index in [2.05, 4.69) is 15.4 Å². The van der Waals surface area contributed by atoms with Gasteiger partial charge in [0.1, 0.15) is 12.4 Å². The Morgan fingerprint density at radius 1 is 1.21 bits per heavy atom. The first-order valence-electron chi connectivity index (χ1n) is 8.47. The van der Waals surface area contributed by atoms with Gasteiger partial charge in [0, 0.05) is 23.7 Å². The van der Waals surface area contributed by atoms with Gasteiger partial charge < -0.3 is 16.2 Å². The lowest BCUT2D eigenvalue weighted by atomic mass is 10.0. The van der Waals surface area contributed by atoms with Crippen molar-refractivity contribution >= 4 is 23.3 Å². The van der Waals surface area contributed by atoms with Crippen LogP contribution in [0.15, 0.2) is 53.3 Å². The molecule has 0 aliphatic heterocycles. The molecule has 1 aromatic carbocycles. The van der Waals surface area contributed by atoms with Crippen LogP contribution in [0.25, 0.3) is 22.5 Å². The molecule has 8 nitrogen and oxygen atoms in total. The highest BCUT2D eigenvalue weighted by Crippen LogP contribution is 2.33. The minimum absolute atomic E-state index is 0.100. The summed E-state index contributed by atoms with van der Waals surface area (Å²) in [7, 11) is 0. The average Bonchev–Trinajstić information content (AvgIpc) is 2.70. The Morgan fingerprint density at radius 2 is 1.96 bits per heavy atom. The van der Waals surface area contributed by atoms with E-state index in [1.54, 1.807) is 12.1 Å². The Hall–Kier alpha value is -3.23. The number of hydrogen-bond acceptors (Lipinski definition) is 6. The first kappa shape index (κ1) is 19.5. The Morgan fingerprint density at radius 3 is 2.68 bits per heavy atom. The quantitative estimate of drug-likeness (QED) is 0.574. The average molecular weight is 400 g/mol. The molecule has 2 aromatic heterocycles. The first-order chi connectivity index (χ1) is 13.5. The third-order valence-electron chi connectivity index (χ3n) is 3.92. The molecule has 1 amide bonds. The molecule has 0 saturated carbocycles. The summed E-state index contributed by atoms with van der Waals surface area (Å²) in [6.45, 7) is -0.365. The highest BCUT2D eigenvalue weighted by molar-refractivity contribution is 6.33. The lowest BCUT2D eigenvalue weighted by Crippen LogP contribution is -2.34. The maximum atomic E-state index is 12.1. The second kappa shape index (κ2) is 8.64. The second-order valence-corrected chi connectivity index (χ2v) is 6.31. The predicted octanol–water partition coefficient (Wildman–Crippen LogP) is 1.32. The largest absolute Gasteiger partial charge is 0.395 e. The van der Waals surface area contributed by atoms with Crippen LogP contribution in [0.3, 0.4) is 0 Å².